The van der Waals surface area contributed by atoms with E-state index in [2.05, 4.69) is 9.97 Å². The summed E-state index contributed by atoms with van der Waals surface area (Å²) >= 11 is 5.69. The molecular formula is C10H13ClN4O3. The number of hydrogen-bond donors (Lipinski definition) is 1. The second kappa shape index (κ2) is 5.45. The van der Waals surface area contributed by atoms with Crippen molar-refractivity contribution >= 4 is 23.1 Å². The molecule has 0 bridgehead atoms. The molecule has 1 saturated heterocycles. The molecule has 7 nitrogen and oxygen atoms in total. The maximum atomic E-state index is 10.9. The fourth-order valence-corrected chi connectivity index (χ4v) is 2.16. The Balaban J connectivity index is 2.22. The minimum absolute atomic E-state index is 0.000110. The topological polar surface area (TPSA) is 92.4 Å². The normalized spacial score (nSPS) is 16.9. The monoisotopic (exact) mass is 272 g/mol. The van der Waals surface area contributed by atoms with E-state index in [0.717, 1.165) is 19.0 Å². The molecule has 8 heteroatoms. The first-order valence-electron chi connectivity index (χ1n) is 5.64. The van der Waals surface area contributed by atoms with Crippen LogP contribution in [0.2, 0.25) is 5.28 Å². The molecule has 1 fully saturated rings. The predicted octanol–water partition coefficient (Wildman–Crippen LogP) is 1.25. The number of nitrogens with zero attached hydrogens (tertiary/aromatic N) is 4. The van der Waals surface area contributed by atoms with Crippen molar-refractivity contribution in [2.24, 2.45) is 5.92 Å². The van der Waals surface area contributed by atoms with Crippen molar-refractivity contribution in [1.82, 2.24) is 9.97 Å². The Hall–Kier alpha value is -1.47. The van der Waals surface area contributed by atoms with Gasteiger partial charge in [0.05, 0.1) is 4.92 Å². The Morgan fingerprint density at radius 2 is 2.22 bits per heavy atom. The van der Waals surface area contributed by atoms with Crippen molar-refractivity contribution in [1.29, 1.82) is 0 Å². The van der Waals surface area contributed by atoms with Gasteiger partial charge >= 0.3 is 5.69 Å². The van der Waals surface area contributed by atoms with Crippen molar-refractivity contribution < 1.29 is 10.0 Å². The molecule has 18 heavy (non-hydrogen) atoms. The third-order valence-electron chi connectivity index (χ3n) is 3.09. The summed E-state index contributed by atoms with van der Waals surface area (Å²) in [5.41, 5.74) is -0.137. The van der Waals surface area contributed by atoms with E-state index in [1.54, 1.807) is 0 Å². The van der Waals surface area contributed by atoms with E-state index in [-0.39, 0.29) is 29.3 Å². The highest BCUT2D eigenvalue weighted by Crippen LogP contribution is 2.29. The largest absolute Gasteiger partial charge is 0.396 e. The number of halogens is 1. The molecule has 0 aliphatic carbocycles. The van der Waals surface area contributed by atoms with Gasteiger partial charge in [0.2, 0.25) is 11.1 Å². The maximum absolute atomic E-state index is 10.9. The minimum Gasteiger partial charge on any atom is -0.396 e. The summed E-state index contributed by atoms with van der Waals surface area (Å²) in [5, 5.41) is 20.0. The van der Waals surface area contributed by atoms with E-state index >= 15 is 0 Å². The van der Waals surface area contributed by atoms with Crippen molar-refractivity contribution in [3.8, 4) is 0 Å². The van der Waals surface area contributed by atoms with E-state index in [9.17, 15) is 10.1 Å². The Kier molecular flexibility index (Phi) is 3.93. The molecule has 1 N–H and O–H groups in total. The molecule has 2 heterocycles. The number of anilines is 1. The Labute approximate surface area is 109 Å². The number of rotatable bonds is 3. The zero-order chi connectivity index (χ0) is 13.1. The van der Waals surface area contributed by atoms with Crippen LogP contribution in [0.3, 0.4) is 0 Å². The van der Waals surface area contributed by atoms with Crippen LogP contribution in [0, 0.1) is 16.0 Å². The lowest BCUT2D eigenvalue weighted by Crippen LogP contribution is -2.35. The first kappa shape index (κ1) is 13.0. The van der Waals surface area contributed by atoms with Gasteiger partial charge in [0, 0.05) is 19.7 Å². The second-order valence-electron chi connectivity index (χ2n) is 4.22. The van der Waals surface area contributed by atoms with Gasteiger partial charge in [-0.05, 0) is 30.4 Å². The standard InChI is InChI=1S/C10H13ClN4O3/c11-10-12-5-8(15(17)18)9(13-10)14-3-1-7(6-16)2-4-14/h5,7,16H,1-4,6H2. The minimum atomic E-state index is -0.510. The molecule has 0 saturated carbocycles. The van der Waals surface area contributed by atoms with Gasteiger partial charge in [0.25, 0.3) is 0 Å². The zero-order valence-corrected chi connectivity index (χ0v) is 10.4. The van der Waals surface area contributed by atoms with Gasteiger partial charge < -0.3 is 10.0 Å². The summed E-state index contributed by atoms with van der Waals surface area (Å²) in [6.45, 7) is 1.40. The highest BCUT2D eigenvalue weighted by atomic mass is 35.5. The fourth-order valence-electron chi connectivity index (χ4n) is 2.03. The molecule has 0 radical (unpaired) electrons. The second-order valence-corrected chi connectivity index (χ2v) is 4.56. The quantitative estimate of drug-likeness (QED) is 0.506. The molecule has 0 amide bonds. The molecule has 0 unspecified atom stereocenters. The number of piperidine rings is 1. The van der Waals surface area contributed by atoms with Crippen LogP contribution in [0.1, 0.15) is 12.8 Å². The number of aliphatic hydroxyl groups excluding tert-OH is 1. The molecule has 0 atom stereocenters. The van der Waals surface area contributed by atoms with Crippen LogP contribution in [0.4, 0.5) is 11.5 Å². The summed E-state index contributed by atoms with van der Waals surface area (Å²) < 4.78 is 0. The van der Waals surface area contributed by atoms with Crippen LogP contribution in [0.5, 0.6) is 0 Å². The molecule has 0 aromatic carbocycles. The van der Waals surface area contributed by atoms with E-state index in [1.807, 2.05) is 4.90 Å². The van der Waals surface area contributed by atoms with Crippen molar-refractivity contribution in [2.75, 3.05) is 24.6 Å². The van der Waals surface area contributed by atoms with Crippen LogP contribution in [0.25, 0.3) is 0 Å². The fraction of sp³-hybridized carbons (Fsp3) is 0.600. The first-order chi connectivity index (χ1) is 8.61. The van der Waals surface area contributed by atoms with Crippen LogP contribution in [-0.2, 0) is 0 Å². The van der Waals surface area contributed by atoms with Gasteiger partial charge in [-0.1, -0.05) is 0 Å². The van der Waals surface area contributed by atoms with E-state index < -0.39 is 4.92 Å². The highest BCUT2D eigenvalue weighted by Gasteiger charge is 2.26. The van der Waals surface area contributed by atoms with Gasteiger partial charge in [0.15, 0.2) is 0 Å². The molecular weight excluding hydrogens is 260 g/mol. The van der Waals surface area contributed by atoms with Crippen molar-refractivity contribution in [3.05, 3.63) is 21.6 Å². The average Bonchev–Trinajstić information content (AvgIpc) is 2.38. The van der Waals surface area contributed by atoms with Crippen LogP contribution in [0.15, 0.2) is 6.20 Å². The predicted molar refractivity (Wildman–Crippen MR) is 65.7 cm³/mol. The molecule has 1 aliphatic heterocycles. The van der Waals surface area contributed by atoms with E-state index in [4.69, 9.17) is 16.7 Å². The lowest BCUT2D eigenvalue weighted by molar-refractivity contribution is -0.384. The zero-order valence-electron chi connectivity index (χ0n) is 9.62. The maximum Gasteiger partial charge on any atom is 0.329 e. The first-order valence-corrected chi connectivity index (χ1v) is 6.02. The summed E-state index contributed by atoms with van der Waals surface area (Å²) in [6.07, 6.45) is 2.70. The summed E-state index contributed by atoms with van der Waals surface area (Å²) in [7, 11) is 0. The smallest absolute Gasteiger partial charge is 0.329 e. The number of aromatic nitrogens is 2. The van der Waals surface area contributed by atoms with E-state index in [1.165, 1.54) is 0 Å². The third kappa shape index (κ3) is 2.68. The van der Waals surface area contributed by atoms with Crippen LogP contribution >= 0.6 is 11.6 Å². The number of hydrogen-bond acceptors (Lipinski definition) is 6. The van der Waals surface area contributed by atoms with Gasteiger partial charge in [-0.2, -0.15) is 4.98 Å². The third-order valence-corrected chi connectivity index (χ3v) is 3.27. The molecule has 1 aliphatic rings. The van der Waals surface area contributed by atoms with E-state index in [0.29, 0.717) is 13.1 Å². The summed E-state index contributed by atoms with van der Waals surface area (Å²) in [6, 6.07) is 0. The van der Waals surface area contributed by atoms with Crippen LogP contribution in [-0.4, -0.2) is 39.7 Å². The van der Waals surface area contributed by atoms with Crippen LogP contribution < -0.4 is 4.90 Å². The Morgan fingerprint density at radius 3 is 2.78 bits per heavy atom. The average molecular weight is 273 g/mol. The lowest BCUT2D eigenvalue weighted by Gasteiger charge is -2.31. The lowest BCUT2D eigenvalue weighted by atomic mass is 9.98. The van der Waals surface area contributed by atoms with Crippen molar-refractivity contribution in [2.45, 2.75) is 12.8 Å². The Bertz CT molecular complexity index is 449. The number of nitro groups is 1. The van der Waals surface area contributed by atoms with Gasteiger partial charge in [-0.3, -0.25) is 10.1 Å². The molecule has 2 rings (SSSR count). The summed E-state index contributed by atoms with van der Waals surface area (Å²) in [4.78, 5) is 19.8. The molecule has 1 aromatic heterocycles. The van der Waals surface area contributed by atoms with Gasteiger partial charge in [-0.15, -0.1) is 0 Å². The molecule has 1 aromatic rings. The van der Waals surface area contributed by atoms with Crippen molar-refractivity contribution in [3.63, 3.8) is 0 Å². The van der Waals surface area contributed by atoms with Gasteiger partial charge in [0.1, 0.15) is 6.20 Å². The summed E-state index contributed by atoms with van der Waals surface area (Å²) in [5.74, 6) is 0.522. The number of aliphatic hydroxyl groups is 1. The Morgan fingerprint density at radius 1 is 1.56 bits per heavy atom. The molecule has 0 spiro atoms. The SMILES string of the molecule is O=[N+]([O-])c1cnc(Cl)nc1N1CCC(CO)CC1. The van der Waals surface area contributed by atoms with Gasteiger partial charge in [-0.25, -0.2) is 4.98 Å². The molecule has 98 valence electrons. The highest BCUT2D eigenvalue weighted by molar-refractivity contribution is 6.28.